The molecule has 5 nitrogen and oxygen atoms in total. The van der Waals surface area contributed by atoms with Gasteiger partial charge in [-0.25, -0.2) is 4.39 Å². The summed E-state index contributed by atoms with van der Waals surface area (Å²) in [5.41, 5.74) is 5.78. The van der Waals surface area contributed by atoms with Crippen LogP contribution in [0.25, 0.3) is 0 Å². The molecule has 0 spiro atoms. The fourth-order valence-corrected chi connectivity index (χ4v) is 2.90. The molecule has 7 heteroatoms. The smallest absolute Gasteiger partial charge is 0.221 e. The molecule has 2 atom stereocenters. The van der Waals surface area contributed by atoms with Gasteiger partial charge >= 0.3 is 0 Å². The molecule has 0 aromatic heterocycles. The molecule has 1 amide bonds. The summed E-state index contributed by atoms with van der Waals surface area (Å²) in [4.78, 5) is 11.8. The standard InChI is InChI=1S/C20H25ClFN3O2/c1-13(12-18(26)24-11-10-23)25-14(2)16-8-9-17(21)20(19(16)22)27-15-6-4-3-5-7-15/h3-9,13-14,25H,10-12,23H2,1-2H3,(H,24,26)/t13-,14-/m1/s1. The molecule has 0 unspecified atom stereocenters. The summed E-state index contributed by atoms with van der Waals surface area (Å²) < 4.78 is 20.6. The monoisotopic (exact) mass is 393 g/mol. The number of rotatable bonds is 9. The summed E-state index contributed by atoms with van der Waals surface area (Å²) in [5, 5.41) is 6.14. The highest BCUT2D eigenvalue weighted by molar-refractivity contribution is 6.32. The Hall–Kier alpha value is -2.15. The Balaban J connectivity index is 2.09. The van der Waals surface area contributed by atoms with Gasteiger partial charge in [-0.3, -0.25) is 4.79 Å². The van der Waals surface area contributed by atoms with E-state index in [2.05, 4.69) is 10.6 Å². The average Bonchev–Trinajstić information content (AvgIpc) is 2.64. The van der Waals surface area contributed by atoms with Crippen molar-refractivity contribution in [1.82, 2.24) is 10.6 Å². The zero-order valence-electron chi connectivity index (χ0n) is 15.5. The summed E-state index contributed by atoms with van der Waals surface area (Å²) in [6, 6.07) is 11.6. The van der Waals surface area contributed by atoms with E-state index in [1.54, 1.807) is 36.4 Å². The third kappa shape index (κ3) is 6.20. The van der Waals surface area contributed by atoms with Crippen LogP contribution in [-0.2, 0) is 4.79 Å². The van der Waals surface area contributed by atoms with Crippen LogP contribution in [0.1, 0.15) is 31.9 Å². The van der Waals surface area contributed by atoms with Crippen LogP contribution < -0.4 is 21.1 Å². The molecule has 0 aliphatic carbocycles. The van der Waals surface area contributed by atoms with E-state index in [1.807, 2.05) is 19.9 Å². The molecule has 0 fully saturated rings. The van der Waals surface area contributed by atoms with Crippen molar-refractivity contribution in [3.8, 4) is 11.5 Å². The van der Waals surface area contributed by atoms with Crippen LogP contribution in [0.2, 0.25) is 5.02 Å². The molecule has 4 N–H and O–H groups in total. The highest BCUT2D eigenvalue weighted by atomic mass is 35.5. The topological polar surface area (TPSA) is 76.4 Å². The molecule has 0 aliphatic heterocycles. The van der Waals surface area contributed by atoms with Gasteiger partial charge in [-0.2, -0.15) is 0 Å². The first-order valence-electron chi connectivity index (χ1n) is 8.86. The molecule has 2 aromatic carbocycles. The zero-order chi connectivity index (χ0) is 19.8. The number of nitrogens with one attached hydrogen (secondary N) is 2. The van der Waals surface area contributed by atoms with Crippen molar-refractivity contribution in [2.75, 3.05) is 13.1 Å². The predicted octanol–water partition coefficient (Wildman–Crippen LogP) is 3.78. The van der Waals surface area contributed by atoms with E-state index in [9.17, 15) is 4.79 Å². The molecule has 2 rings (SSSR count). The lowest BCUT2D eigenvalue weighted by Gasteiger charge is -2.22. The van der Waals surface area contributed by atoms with Crippen molar-refractivity contribution >= 4 is 17.5 Å². The molecule has 0 aliphatic rings. The fourth-order valence-electron chi connectivity index (χ4n) is 2.72. The van der Waals surface area contributed by atoms with Crippen LogP contribution in [0, 0.1) is 5.82 Å². The SMILES string of the molecule is C[C@H](CC(=O)NCCN)N[C@H](C)c1ccc(Cl)c(Oc2ccccc2)c1F. The lowest BCUT2D eigenvalue weighted by atomic mass is 10.1. The Bertz CT molecular complexity index is 758. The quantitative estimate of drug-likeness (QED) is 0.606. The third-order valence-corrected chi connectivity index (χ3v) is 4.30. The second-order valence-corrected chi connectivity index (χ2v) is 6.73. The first-order valence-corrected chi connectivity index (χ1v) is 9.23. The first kappa shape index (κ1) is 21.2. The Kier molecular flexibility index (Phi) is 8.03. The lowest BCUT2D eigenvalue weighted by molar-refractivity contribution is -0.121. The highest BCUT2D eigenvalue weighted by Crippen LogP contribution is 2.35. The third-order valence-electron chi connectivity index (χ3n) is 4.00. The van der Waals surface area contributed by atoms with Crippen LogP contribution in [0.5, 0.6) is 11.5 Å². The molecule has 0 saturated carbocycles. The van der Waals surface area contributed by atoms with E-state index >= 15 is 4.39 Å². The molecule has 2 aromatic rings. The highest BCUT2D eigenvalue weighted by Gasteiger charge is 2.20. The molecular formula is C20H25ClFN3O2. The maximum absolute atomic E-state index is 15.0. The van der Waals surface area contributed by atoms with Crippen molar-refractivity contribution in [2.45, 2.75) is 32.4 Å². The summed E-state index contributed by atoms with van der Waals surface area (Å²) in [5.74, 6) is -0.133. The number of halogens is 2. The Morgan fingerprint density at radius 2 is 1.93 bits per heavy atom. The van der Waals surface area contributed by atoms with Gasteiger partial charge in [0.15, 0.2) is 11.6 Å². The molecule has 0 heterocycles. The Morgan fingerprint density at radius 3 is 2.59 bits per heavy atom. The number of carbonyl (C=O) groups excluding carboxylic acids is 1. The first-order chi connectivity index (χ1) is 12.9. The van der Waals surface area contributed by atoms with E-state index in [-0.39, 0.29) is 35.2 Å². The van der Waals surface area contributed by atoms with Crippen molar-refractivity contribution in [3.05, 3.63) is 58.9 Å². The molecule has 146 valence electrons. The number of benzene rings is 2. The Morgan fingerprint density at radius 1 is 1.22 bits per heavy atom. The molecular weight excluding hydrogens is 369 g/mol. The maximum Gasteiger partial charge on any atom is 0.221 e. The largest absolute Gasteiger partial charge is 0.453 e. The fraction of sp³-hybridized carbons (Fsp3) is 0.350. The predicted molar refractivity (Wildman–Crippen MR) is 106 cm³/mol. The van der Waals surface area contributed by atoms with Crippen LogP contribution in [0.15, 0.2) is 42.5 Å². The number of amides is 1. The lowest BCUT2D eigenvalue weighted by Crippen LogP contribution is -2.37. The van der Waals surface area contributed by atoms with Gasteiger partial charge in [0.05, 0.1) is 5.02 Å². The van der Waals surface area contributed by atoms with Gasteiger partial charge in [-0.15, -0.1) is 0 Å². The van der Waals surface area contributed by atoms with E-state index in [1.165, 1.54) is 0 Å². The zero-order valence-corrected chi connectivity index (χ0v) is 16.2. The summed E-state index contributed by atoms with van der Waals surface area (Å²) >= 11 is 6.13. The van der Waals surface area contributed by atoms with Crippen molar-refractivity contribution in [1.29, 1.82) is 0 Å². The average molecular weight is 394 g/mol. The van der Waals surface area contributed by atoms with Gasteiger partial charge in [0, 0.05) is 37.2 Å². The molecule has 0 saturated heterocycles. The molecule has 0 radical (unpaired) electrons. The van der Waals surface area contributed by atoms with Crippen LogP contribution in [0.3, 0.4) is 0 Å². The number of hydrogen-bond acceptors (Lipinski definition) is 4. The van der Waals surface area contributed by atoms with Crippen molar-refractivity contribution in [2.24, 2.45) is 5.73 Å². The van der Waals surface area contributed by atoms with Gasteiger partial charge in [-0.05, 0) is 32.0 Å². The van der Waals surface area contributed by atoms with Crippen LogP contribution >= 0.6 is 11.6 Å². The van der Waals surface area contributed by atoms with E-state index in [0.717, 1.165) is 0 Å². The maximum atomic E-state index is 15.0. The number of ether oxygens (including phenoxy) is 1. The number of carbonyl (C=O) groups is 1. The Labute approximate surface area is 164 Å². The second-order valence-electron chi connectivity index (χ2n) is 6.33. The van der Waals surface area contributed by atoms with E-state index in [0.29, 0.717) is 24.4 Å². The van der Waals surface area contributed by atoms with E-state index < -0.39 is 5.82 Å². The molecule has 27 heavy (non-hydrogen) atoms. The normalized spacial score (nSPS) is 13.1. The second kappa shape index (κ2) is 10.3. The van der Waals surface area contributed by atoms with Crippen molar-refractivity contribution < 1.29 is 13.9 Å². The minimum atomic E-state index is -0.522. The summed E-state index contributed by atoms with van der Waals surface area (Å²) in [6.45, 7) is 4.53. The van der Waals surface area contributed by atoms with Crippen molar-refractivity contribution in [3.63, 3.8) is 0 Å². The van der Waals surface area contributed by atoms with Gasteiger partial charge < -0.3 is 21.1 Å². The molecule has 0 bridgehead atoms. The minimum Gasteiger partial charge on any atom is -0.453 e. The number of hydrogen-bond donors (Lipinski definition) is 3. The van der Waals surface area contributed by atoms with Gasteiger partial charge in [0.2, 0.25) is 5.91 Å². The summed E-state index contributed by atoms with van der Waals surface area (Å²) in [6.07, 6.45) is 0.271. The minimum absolute atomic E-state index is 0.0117. The van der Waals surface area contributed by atoms with Gasteiger partial charge in [0.25, 0.3) is 0 Å². The van der Waals surface area contributed by atoms with Gasteiger partial charge in [0.1, 0.15) is 5.75 Å². The summed E-state index contributed by atoms with van der Waals surface area (Å²) in [7, 11) is 0. The number of para-hydroxylation sites is 1. The van der Waals surface area contributed by atoms with E-state index in [4.69, 9.17) is 22.1 Å². The van der Waals surface area contributed by atoms with Crippen LogP contribution in [-0.4, -0.2) is 25.0 Å². The number of nitrogens with two attached hydrogens (primary N) is 1. The van der Waals surface area contributed by atoms with Crippen LogP contribution in [0.4, 0.5) is 4.39 Å². The van der Waals surface area contributed by atoms with Gasteiger partial charge in [-0.1, -0.05) is 35.9 Å².